The molecule has 0 spiro atoms. The quantitative estimate of drug-likeness (QED) is 0.456. The Kier molecular flexibility index (Phi) is 3.96. The highest BCUT2D eigenvalue weighted by molar-refractivity contribution is 14.2. The zero-order valence-electron chi connectivity index (χ0n) is 11.8. The third-order valence-corrected chi connectivity index (χ3v) is 7.66. The summed E-state index contributed by atoms with van der Waals surface area (Å²) < 4.78 is 40.5. The Morgan fingerprint density at radius 2 is 1.86 bits per heavy atom. The van der Waals surface area contributed by atoms with Gasteiger partial charge in [0, 0.05) is 29.2 Å². The van der Waals surface area contributed by atoms with Crippen molar-refractivity contribution >= 4 is 40.2 Å². The Labute approximate surface area is 140 Å². The van der Waals surface area contributed by atoms with Crippen LogP contribution in [0.4, 0.5) is 24.5 Å². The Morgan fingerprint density at radius 3 is 2.50 bits per heavy atom. The fourth-order valence-corrected chi connectivity index (χ4v) is 5.67. The highest BCUT2D eigenvalue weighted by Crippen LogP contribution is 2.49. The summed E-state index contributed by atoms with van der Waals surface area (Å²) in [5, 5.41) is 0.618. The molecule has 0 bridgehead atoms. The van der Waals surface area contributed by atoms with E-state index in [9.17, 15) is 13.2 Å². The molecule has 0 fully saturated rings. The zero-order chi connectivity index (χ0) is 16.1. The van der Waals surface area contributed by atoms with Crippen molar-refractivity contribution in [3.05, 3.63) is 51.8 Å². The van der Waals surface area contributed by atoms with E-state index >= 15 is 0 Å². The van der Waals surface area contributed by atoms with Crippen molar-refractivity contribution in [1.29, 1.82) is 0 Å². The predicted molar refractivity (Wildman–Crippen MR) is 91.7 cm³/mol. The number of halogens is 4. The van der Waals surface area contributed by atoms with Crippen molar-refractivity contribution in [1.82, 2.24) is 0 Å². The minimum atomic E-state index is -4.39. The first-order valence-corrected chi connectivity index (χ1v) is 10.2. The van der Waals surface area contributed by atoms with Gasteiger partial charge >= 0.3 is 6.18 Å². The molecule has 0 saturated heterocycles. The van der Waals surface area contributed by atoms with Crippen LogP contribution in [-0.4, -0.2) is 14.1 Å². The lowest BCUT2D eigenvalue weighted by molar-refractivity contribution is -0.137. The number of rotatable bonds is 1. The highest BCUT2D eigenvalue weighted by Gasteiger charge is 2.35. The maximum Gasteiger partial charge on any atom is 0.418 e. The van der Waals surface area contributed by atoms with Gasteiger partial charge in [0.2, 0.25) is 0 Å². The van der Waals surface area contributed by atoms with Crippen LogP contribution in [0, 0.1) is 4.51 Å². The number of nitrogens with zero attached hydrogens (tertiary/aromatic N) is 2. The Morgan fingerprint density at radius 1 is 1.14 bits per heavy atom. The number of alkyl halides is 3. The number of hydrogen-bond donors (Lipinski definition) is 0. The van der Waals surface area contributed by atoms with Gasteiger partial charge in [-0.1, -0.05) is 13.7 Å². The van der Waals surface area contributed by atoms with Crippen LogP contribution in [0.15, 0.2) is 46.3 Å². The van der Waals surface area contributed by atoms with E-state index in [1.165, 1.54) is 6.07 Å². The van der Waals surface area contributed by atoms with Crippen LogP contribution in [0.1, 0.15) is 5.56 Å². The number of benzene rings is 2. The molecule has 3 rings (SSSR count). The van der Waals surface area contributed by atoms with Crippen LogP contribution >= 0.6 is 28.9 Å². The third-order valence-electron chi connectivity index (χ3n) is 3.38. The first kappa shape index (κ1) is 15.8. The van der Waals surface area contributed by atoms with E-state index in [2.05, 4.69) is 26.2 Å². The standard InChI is InChI=1S/C15H12F3IN2S/c1-21(2)9-6-7-11-13(8-9)22(19)12-5-3-4-10(14(12)20-11)15(16,17)18/h3-8H,1-2H3. The molecule has 2 aromatic rings. The lowest BCUT2D eigenvalue weighted by Crippen LogP contribution is -2.13. The summed E-state index contributed by atoms with van der Waals surface area (Å²) in [5.41, 5.74) is 0.401. The first-order chi connectivity index (χ1) is 10.3. The molecule has 0 radical (unpaired) electrons. The summed E-state index contributed by atoms with van der Waals surface area (Å²) in [7, 11) is 3.40. The van der Waals surface area contributed by atoms with Gasteiger partial charge in [0.15, 0.2) is 0 Å². The lowest BCUT2D eigenvalue weighted by Gasteiger charge is -2.18. The monoisotopic (exact) mass is 436 g/mol. The third kappa shape index (κ3) is 2.64. The summed E-state index contributed by atoms with van der Waals surface area (Å²) >= 11 is 2.21. The molecule has 1 unspecified atom stereocenters. The van der Waals surface area contributed by atoms with E-state index in [1.807, 2.05) is 31.1 Å². The summed E-state index contributed by atoms with van der Waals surface area (Å²) in [6, 6.07) is 9.94. The van der Waals surface area contributed by atoms with Crippen molar-refractivity contribution in [3.8, 4) is 0 Å². The van der Waals surface area contributed by atoms with Gasteiger partial charge in [-0.25, -0.2) is 4.99 Å². The smallest absolute Gasteiger partial charge is 0.378 e. The van der Waals surface area contributed by atoms with E-state index in [4.69, 9.17) is 0 Å². The molecule has 1 aliphatic heterocycles. The van der Waals surface area contributed by atoms with Gasteiger partial charge < -0.3 is 4.90 Å². The number of anilines is 1. The molecule has 0 amide bonds. The van der Waals surface area contributed by atoms with Gasteiger partial charge in [0.1, 0.15) is 0 Å². The number of para-hydroxylation sites is 1. The molecule has 1 atom stereocenters. The SMILES string of the molecule is CN(C)c1ccc2c(c1)=S(I)c1cccc(C(F)(F)F)c1N=2. The van der Waals surface area contributed by atoms with Gasteiger partial charge in [-0.15, -0.1) is 0 Å². The molecule has 0 aromatic heterocycles. The average Bonchev–Trinajstić information content (AvgIpc) is 2.45. The van der Waals surface area contributed by atoms with Crippen molar-refractivity contribution in [3.63, 3.8) is 0 Å². The van der Waals surface area contributed by atoms with E-state index in [1.54, 1.807) is 12.1 Å². The second-order valence-corrected chi connectivity index (χ2v) is 9.10. The molecular formula is C15H12F3IN2S. The first-order valence-electron chi connectivity index (χ1n) is 6.43. The molecule has 0 N–H and O–H groups in total. The maximum atomic E-state index is 13.2. The largest absolute Gasteiger partial charge is 0.418 e. The van der Waals surface area contributed by atoms with Crippen LogP contribution in [0.5, 0.6) is 0 Å². The van der Waals surface area contributed by atoms with E-state index < -0.39 is 19.4 Å². The van der Waals surface area contributed by atoms with Crippen molar-refractivity contribution in [2.24, 2.45) is 4.99 Å². The van der Waals surface area contributed by atoms with Crippen LogP contribution < -0.4 is 10.3 Å². The van der Waals surface area contributed by atoms with Gasteiger partial charge in [0.05, 0.1) is 16.6 Å². The molecule has 1 heterocycles. The van der Waals surface area contributed by atoms with Gasteiger partial charge in [-0.2, -0.15) is 13.2 Å². The molecular weight excluding hydrogens is 424 g/mol. The molecule has 0 saturated carbocycles. The molecule has 7 heteroatoms. The van der Waals surface area contributed by atoms with Crippen molar-refractivity contribution < 1.29 is 13.2 Å². The second kappa shape index (κ2) is 5.52. The normalized spacial score (nSPS) is 16.5. The van der Waals surface area contributed by atoms with E-state index in [-0.39, 0.29) is 5.69 Å². The maximum absolute atomic E-state index is 13.2. The minimum Gasteiger partial charge on any atom is -0.378 e. The van der Waals surface area contributed by atoms with Crippen LogP contribution in [0.3, 0.4) is 0 Å². The Hall–Kier alpha value is -1.09. The summed E-state index contributed by atoms with van der Waals surface area (Å²) in [4.78, 5) is 6.90. The fourth-order valence-electron chi connectivity index (χ4n) is 2.27. The number of fused-ring (bicyclic) bond motifs is 2. The van der Waals surface area contributed by atoms with E-state index in [0.29, 0.717) is 10.3 Å². The topological polar surface area (TPSA) is 15.6 Å². The number of hydrogen-bond acceptors (Lipinski definition) is 2. The summed E-state index contributed by atoms with van der Waals surface area (Å²) in [6.07, 6.45) is -4.39. The average molecular weight is 436 g/mol. The molecule has 2 aromatic carbocycles. The summed E-state index contributed by atoms with van der Waals surface area (Å²) in [6.45, 7) is 0. The minimum absolute atomic E-state index is 0.0536. The molecule has 116 valence electrons. The van der Waals surface area contributed by atoms with E-state index in [0.717, 1.165) is 16.3 Å². The second-order valence-electron chi connectivity index (χ2n) is 5.06. The lowest BCUT2D eigenvalue weighted by atomic mass is 10.1. The van der Waals surface area contributed by atoms with Gasteiger partial charge in [0.25, 0.3) is 0 Å². The Balaban J connectivity index is 2.34. The van der Waals surface area contributed by atoms with Gasteiger partial charge in [-0.05, 0) is 51.5 Å². The predicted octanol–water partition coefficient (Wildman–Crippen LogP) is 4.96. The van der Waals surface area contributed by atoms with Crippen LogP contribution in [0.25, 0.3) is 0 Å². The highest BCUT2D eigenvalue weighted by atomic mass is 127. The molecule has 0 aliphatic carbocycles. The fraction of sp³-hybridized carbons (Fsp3) is 0.200. The van der Waals surface area contributed by atoms with Crippen LogP contribution in [-0.2, 0) is 6.18 Å². The van der Waals surface area contributed by atoms with Gasteiger partial charge in [-0.3, -0.25) is 0 Å². The van der Waals surface area contributed by atoms with Crippen molar-refractivity contribution in [2.75, 3.05) is 19.0 Å². The zero-order valence-corrected chi connectivity index (χ0v) is 14.8. The molecule has 1 aliphatic rings. The van der Waals surface area contributed by atoms with Crippen molar-refractivity contribution in [2.45, 2.75) is 11.1 Å². The Bertz CT molecular complexity index is 875. The molecule has 2 nitrogen and oxygen atoms in total. The summed E-state index contributed by atoms with van der Waals surface area (Å²) in [5.74, 6) is 0. The molecule has 22 heavy (non-hydrogen) atoms. The van der Waals surface area contributed by atoms with Crippen LogP contribution in [0.2, 0.25) is 0 Å².